The fourth-order valence-electron chi connectivity index (χ4n) is 3.84. The largest absolute Gasteiger partial charge is 0.372 e. The molecule has 1 aliphatic heterocycles. The number of nitrogens with one attached hydrogen (secondary N) is 1. The van der Waals surface area contributed by atoms with E-state index in [-0.39, 0.29) is 23.0 Å². The van der Waals surface area contributed by atoms with Crippen LogP contribution in [0.25, 0.3) is 22.0 Å². The summed E-state index contributed by atoms with van der Waals surface area (Å²) in [5, 5.41) is 1.12. The molecular weight excluding hydrogens is 424 g/mol. The molecule has 1 aromatic carbocycles. The van der Waals surface area contributed by atoms with E-state index in [9.17, 15) is 8.42 Å². The number of halogens is 1. The monoisotopic (exact) mass is 446 g/mol. The zero-order chi connectivity index (χ0) is 21.5. The van der Waals surface area contributed by atoms with Crippen molar-refractivity contribution in [3.05, 3.63) is 47.9 Å². The highest BCUT2D eigenvalue weighted by Gasteiger charge is 2.23. The second-order valence-electron chi connectivity index (χ2n) is 7.66. The number of rotatable bonds is 4. The van der Waals surface area contributed by atoms with E-state index in [1.807, 2.05) is 24.4 Å². The van der Waals surface area contributed by atoms with Crippen LogP contribution in [0, 0.1) is 0 Å². The Morgan fingerprint density at radius 3 is 2.53 bits per heavy atom. The summed E-state index contributed by atoms with van der Waals surface area (Å²) < 4.78 is 31.5. The maximum Gasteiger partial charge on any atom is 0.229 e. The number of hydrogen-bond acceptors (Lipinski definition) is 6. The Labute approximate surface area is 181 Å². The van der Waals surface area contributed by atoms with Crippen LogP contribution >= 0.6 is 11.6 Å². The summed E-state index contributed by atoms with van der Waals surface area (Å²) in [4.78, 5) is 11.0. The van der Waals surface area contributed by atoms with Gasteiger partial charge in [0, 0.05) is 42.1 Å². The minimum Gasteiger partial charge on any atom is -0.372 e. The summed E-state index contributed by atoms with van der Waals surface area (Å²) in [5.41, 5.74) is 3.89. The van der Waals surface area contributed by atoms with Gasteiger partial charge in [-0.1, -0.05) is 17.7 Å². The Kier molecular flexibility index (Phi) is 5.57. The van der Waals surface area contributed by atoms with E-state index in [2.05, 4.69) is 39.5 Å². The van der Waals surface area contributed by atoms with Crippen LogP contribution < -0.4 is 9.62 Å². The first-order valence-corrected chi connectivity index (χ1v) is 11.9. The molecule has 7 nitrogen and oxygen atoms in total. The molecule has 9 heteroatoms. The third-order valence-electron chi connectivity index (χ3n) is 4.95. The normalized spacial score (nSPS) is 19.8. The fraction of sp³-hybridized carbons (Fsp3) is 0.333. The van der Waals surface area contributed by atoms with E-state index in [0.29, 0.717) is 0 Å². The number of pyridine rings is 2. The van der Waals surface area contributed by atoms with E-state index in [1.165, 1.54) is 0 Å². The summed E-state index contributed by atoms with van der Waals surface area (Å²) in [5.74, 6) is 0. The topological polar surface area (TPSA) is 84.4 Å². The van der Waals surface area contributed by atoms with Gasteiger partial charge in [0.05, 0.1) is 29.7 Å². The highest BCUT2D eigenvalue weighted by molar-refractivity contribution is 7.92. The van der Waals surface area contributed by atoms with Gasteiger partial charge in [0.25, 0.3) is 0 Å². The van der Waals surface area contributed by atoms with Crippen LogP contribution in [-0.4, -0.2) is 49.9 Å². The molecule has 0 unspecified atom stereocenters. The number of sulfonamides is 1. The number of hydrogen-bond donors (Lipinski definition) is 1. The van der Waals surface area contributed by atoms with Crippen molar-refractivity contribution < 1.29 is 13.2 Å². The molecule has 0 spiro atoms. The van der Waals surface area contributed by atoms with Gasteiger partial charge in [0.15, 0.2) is 5.15 Å². The van der Waals surface area contributed by atoms with Gasteiger partial charge in [0.1, 0.15) is 0 Å². The predicted molar refractivity (Wildman–Crippen MR) is 121 cm³/mol. The summed E-state index contributed by atoms with van der Waals surface area (Å²) in [7, 11) is -3.47. The molecule has 2 aromatic heterocycles. The molecule has 3 heterocycles. The van der Waals surface area contributed by atoms with Crippen molar-refractivity contribution in [1.29, 1.82) is 0 Å². The maximum absolute atomic E-state index is 11.6. The average Bonchev–Trinajstić information content (AvgIpc) is 2.67. The summed E-state index contributed by atoms with van der Waals surface area (Å²) in [6.07, 6.45) is 4.82. The molecular formula is C21H23ClN4O3S. The average molecular weight is 447 g/mol. The first kappa shape index (κ1) is 20.8. The zero-order valence-corrected chi connectivity index (χ0v) is 18.5. The second kappa shape index (κ2) is 8.02. The van der Waals surface area contributed by atoms with E-state index >= 15 is 0 Å². The molecule has 0 saturated carbocycles. The third kappa shape index (κ3) is 4.50. The van der Waals surface area contributed by atoms with Crippen LogP contribution in [0.3, 0.4) is 0 Å². The van der Waals surface area contributed by atoms with Gasteiger partial charge in [-0.3, -0.25) is 9.71 Å². The van der Waals surface area contributed by atoms with Crippen molar-refractivity contribution in [2.45, 2.75) is 26.1 Å². The smallest absolute Gasteiger partial charge is 0.229 e. The molecule has 3 aromatic rings. The lowest BCUT2D eigenvalue weighted by atomic mass is 10.0. The van der Waals surface area contributed by atoms with Gasteiger partial charge in [-0.25, -0.2) is 13.4 Å². The molecule has 2 atom stereocenters. The SMILES string of the molecule is C[C@@H]1CN(c2ccnc3ccc(-c4cnc(Cl)c(NS(C)(=O)=O)c4)cc23)C[C@H](C)O1. The van der Waals surface area contributed by atoms with E-state index in [0.717, 1.165) is 47.1 Å². The van der Waals surface area contributed by atoms with Crippen molar-refractivity contribution >= 4 is 43.9 Å². The Balaban J connectivity index is 1.78. The van der Waals surface area contributed by atoms with E-state index < -0.39 is 10.0 Å². The first-order chi connectivity index (χ1) is 14.2. The minimum absolute atomic E-state index is 0.101. The Morgan fingerprint density at radius 2 is 1.83 bits per heavy atom. The van der Waals surface area contributed by atoms with Crippen LogP contribution in [-0.2, 0) is 14.8 Å². The quantitative estimate of drug-likeness (QED) is 0.611. The lowest BCUT2D eigenvalue weighted by Gasteiger charge is -2.37. The Hall–Kier alpha value is -2.42. The van der Waals surface area contributed by atoms with Crippen LogP contribution in [0.2, 0.25) is 5.15 Å². The molecule has 1 N–H and O–H groups in total. The molecule has 1 aliphatic rings. The standard InChI is InChI=1S/C21H23ClN4O3S/c1-13-11-26(12-14(2)29-13)20-6-7-23-18-5-4-15(8-17(18)20)16-9-19(21(22)24-10-16)25-30(3,27)28/h4-10,13-14,25H,11-12H2,1-3H3/t13-,14+. The molecule has 0 aliphatic carbocycles. The molecule has 4 rings (SSSR count). The van der Waals surface area contributed by atoms with Crippen LogP contribution in [0.1, 0.15) is 13.8 Å². The number of aromatic nitrogens is 2. The first-order valence-electron chi connectivity index (χ1n) is 9.62. The lowest BCUT2D eigenvalue weighted by Crippen LogP contribution is -2.45. The van der Waals surface area contributed by atoms with Crippen LogP contribution in [0.4, 0.5) is 11.4 Å². The summed E-state index contributed by atoms with van der Waals surface area (Å²) >= 11 is 6.07. The molecule has 1 fully saturated rings. The van der Waals surface area contributed by atoms with Crippen LogP contribution in [0.5, 0.6) is 0 Å². The molecule has 1 saturated heterocycles. The zero-order valence-electron chi connectivity index (χ0n) is 17.0. The van der Waals surface area contributed by atoms with Gasteiger partial charge in [0.2, 0.25) is 10.0 Å². The number of nitrogens with zero attached hydrogens (tertiary/aromatic N) is 3. The van der Waals surface area contributed by atoms with Gasteiger partial charge in [-0.15, -0.1) is 0 Å². The van der Waals surface area contributed by atoms with Crippen molar-refractivity contribution in [2.24, 2.45) is 0 Å². The number of ether oxygens (including phenoxy) is 1. The van der Waals surface area contributed by atoms with E-state index in [4.69, 9.17) is 16.3 Å². The van der Waals surface area contributed by atoms with Gasteiger partial charge in [-0.05, 0) is 43.7 Å². The van der Waals surface area contributed by atoms with Crippen molar-refractivity contribution in [3.63, 3.8) is 0 Å². The van der Waals surface area contributed by atoms with Gasteiger partial charge >= 0.3 is 0 Å². The maximum atomic E-state index is 11.6. The number of morpholine rings is 1. The molecule has 0 radical (unpaired) electrons. The Morgan fingerprint density at radius 1 is 1.10 bits per heavy atom. The van der Waals surface area contributed by atoms with Crippen LogP contribution in [0.15, 0.2) is 42.7 Å². The van der Waals surface area contributed by atoms with Crippen molar-refractivity contribution in [2.75, 3.05) is 29.0 Å². The third-order valence-corrected chi connectivity index (χ3v) is 5.84. The van der Waals surface area contributed by atoms with Gasteiger partial charge < -0.3 is 9.64 Å². The Bertz CT molecular complexity index is 1190. The predicted octanol–water partition coefficient (Wildman–Crippen LogP) is 3.94. The highest BCUT2D eigenvalue weighted by Crippen LogP contribution is 2.33. The summed E-state index contributed by atoms with van der Waals surface area (Å²) in [6.45, 7) is 5.76. The van der Waals surface area contributed by atoms with Crippen molar-refractivity contribution in [1.82, 2.24) is 9.97 Å². The summed E-state index contributed by atoms with van der Waals surface area (Å²) in [6, 6.07) is 9.66. The second-order valence-corrected chi connectivity index (χ2v) is 9.77. The number of anilines is 2. The van der Waals surface area contributed by atoms with Gasteiger partial charge in [-0.2, -0.15) is 0 Å². The minimum atomic E-state index is -3.47. The highest BCUT2D eigenvalue weighted by atomic mass is 35.5. The molecule has 158 valence electrons. The molecule has 30 heavy (non-hydrogen) atoms. The number of benzene rings is 1. The van der Waals surface area contributed by atoms with Crippen molar-refractivity contribution in [3.8, 4) is 11.1 Å². The lowest BCUT2D eigenvalue weighted by molar-refractivity contribution is -0.00513. The molecule has 0 amide bonds. The molecule has 0 bridgehead atoms. The number of fused-ring (bicyclic) bond motifs is 1. The fourth-order valence-corrected chi connectivity index (χ4v) is 4.60. The van der Waals surface area contributed by atoms with E-state index in [1.54, 1.807) is 12.3 Å².